The zero-order valence-corrected chi connectivity index (χ0v) is 16.4. The molecule has 0 bridgehead atoms. The maximum Gasteiger partial charge on any atom is 0.387 e. The minimum absolute atomic E-state index is 0.0328. The van der Waals surface area contributed by atoms with Gasteiger partial charge in [-0.15, -0.1) is 0 Å². The van der Waals surface area contributed by atoms with Crippen molar-refractivity contribution in [3.63, 3.8) is 0 Å². The van der Waals surface area contributed by atoms with Crippen molar-refractivity contribution in [2.24, 2.45) is 5.92 Å². The third-order valence-electron chi connectivity index (χ3n) is 4.88. The molecule has 0 aliphatic carbocycles. The summed E-state index contributed by atoms with van der Waals surface area (Å²) < 4.78 is 34.5. The number of aromatic nitrogens is 2. The molecule has 0 radical (unpaired) electrons. The molecule has 7 nitrogen and oxygen atoms in total. The molecule has 2 heterocycles. The number of alkyl halides is 2. The van der Waals surface area contributed by atoms with Gasteiger partial charge in [-0.05, 0) is 30.5 Å². The zero-order chi connectivity index (χ0) is 20.8. The van der Waals surface area contributed by atoms with Crippen molar-refractivity contribution >= 4 is 11.7 Å². The molecule has 1 aromatic heterocycles. The number of rotatable bonds is 7. The summed E-state index contributed by atoms with van der Waals surface area (Å²) >= 11 is 0. The monoisotopic (exact) mass is 406 g/mol. The van der Waals surface area contributed by atoms with E-state index in [2.05, 4.69) is 19.6 Å². The highest BCUT2D eigenvalue weighted by Crippen LogP contribution is 2.30. The molecule has 1 aliphatic rings. The molecule has 3 rings (SSSR count). The Hall–Kier alpha value is -2.97. The summed E-state index contributed by atoms with van der Waals surface area (Å²) in [6.45, 7) is -1.16. The molecule has 1 aromatic carbocycles. The van der Waals surface area contributed by atoms with Gasteiger partial charge in [-0.25, -0.2) is 4.98 Å². The number of ether oxygens (including phenoxy) is 2. The van der Waals surface area contributed by atoms with Gasteiger partial charge in [0.15, 0.2) is 11.5 Å². The molecule has 0 unspecified atom stereocenters. The standard InChI is InChI=1S/C20H24F2N4O3/c1-25(12-14-5-6-16(29-20(21)22)17(10-14)28-2)19(27)15-4-3-9-26(13-15)18-11-23-7-8-24-18/h5-8,10-11,15,20H,3-4,9,12-13H2,1-2H3/t15-/m1/s1. The van der Waals surface area contributed by atoms with E-state index in [1.807, 2.05) is 0 Å². The predicted molar refractivity (Wildman–Crippen MR) is 103 cm³/mol. The maximum absolute atomic E-state index is 13.0. The average molecular weight is 406 g/mol. The summed E-state index contributed by atoms with van der Waals surface area (Å²) in [6, 6.07) is 4.68. The van der Waals surface area contributed by atoms with Crippen molar-refractivity contribution in [2.75, 3.05) is 32.1 Å². The number of benzene rings is 1. The maximum atomic E-state index is 13.0. The number of hydrogen-bond donors (Lipinski definition) is 0. The number of carbonyl (C=O) groups is 1. The molecule has 29 heavy (non-hydrogen) atoms. The Morgan fingerprint density at radius 2 is 2.17 bits per heavy atom. The van der Waals surface area contributed by atoms with Crippen LogP contribution in [0.4, 0.5) is 14.6 Å². The molecule has 1 fully saturated rings. The average Bonchev–Trinajstić information content (AvgIpc) is 2.74. The van der Waals surface area contributed by atoms with Crippen molar-refractivity contribution in [3.05, 3.63) is 42.4 Å². The minimum Gasteiger partial charge on any atom is -0.493 e. The highest BCUT2D eigenvalue weighted by Gasteiger charge is 2.28. The first kappa shape index (κ1) is 20.8. The van der Waals surface area contributed by atoms with E-state index in [1.165, 1.54) is 13.2 Å². The van der Waals surface area contributed by atoms with Crippen LogP contribution in [-0.2, 0) is 11.3 Å². The van der Waals surface area contributed by atoms with Crippen LogP contribution in [0.1, 0.15) is 18.4 Å². The van der Waals surface area contributed by atoms with Crippen LogP contribution < -0.4 is 14.4 Å². The van der Waals surface area contributed by atoms with Crippen LogP contribution in [0.2, 0.25) is 0 Å². The van der Waals surface area contributed by atoms with E-state index in [9.17, 15) is 13.6 Å². The number of halogens is 2. The molecule has 2 aromatic rings. The second-order valence-electron chi connectivity index (χ2n) is 6.91. The molecule has 1 atom stereocenters. The van der Waals surface area contributed by atoms with E-state index in [4.69, 9.17) is 4.74 Å². The van der Waals surface area contributed by atoms with Gasteiger partial charge in [-0.2, -0.15) is 8.78 Å². The van der Waals surface area contributed by atoms with E-state index in [1.54, 1.807) is 42.7 Å². The zero-order valence-electron chi connectivity index (χ0n) is 16.4. The fourth-order valence-electron chi connectivity index (χ4n) is 3.51. The quantitative estimate of drug-likeness (QED) is 0.704. The largest absolute Gasteiger partial charge is 0.493 e. The van der Waals surface area contributed by atoms with Crippen LogP contribution in [0.25, 0.3) is 0 Å². The van der Waals surface area contributed by atoms with Gasteiger partial charge in [0, 0.05) is 39.1 Å². The van der Waals surface area contributed by atoms with Gasteiger partial charge in [0.1, 0.15) is 5.82 Å². The fourth-order valence-corrected chi connectivity index (χ4v) is 3.51. The number of anilines is 1. The molecule has 1 amide bonds. The van der Waals surface area contributed by atoms with Crippen LogP contribution in [0.15, 0.2) is 36.8 Å². The second-order valence-corrected chi connectivity index (χ2v) is 6.91. The third kappa shape index (κ3) is 5.30. The normalized spacial score (nSPS) is 16.6. The number of methoxy groups -OCH3 is 1. The molecular weight excluding hydrogens is 382 g/mol. The summed E-state index contributed by atoms with van der Waals surface area (Å²) in [5.74, 6) is 0.832. The lowest BCUT2D eigenvalue weighted by molar-refractivity contribution is -0.135. The molecule has 9 heteroatoms. The van der Waals surface area contributed by atoms with Crippen LogP contribution in [0.3, 0.4) is 0 Å². The molecule has 0 N–H and O–H groups in total. The van der Waals surface area contributed by atoms with Crippen molar-refractivity contribution in [2.45, 2.75) is 26.0 Å². The number of piperidine rings is 1. The lowest BCUT2D eigenvalue weighted by Gasteiger charge is -2.34. The number of amides is 1. The second kappa shape index (κ2) is 9.49. The Morgan fingerprint density at radius 3 is 2.86 bits per heavy atom. The van der Waals surface area contributed by atoms with Crippen LogP contribution >= 0.6 is 0 Å². The first-order valence-corrected chi connectivity index (χ1v) is 9.35. The molecule has 1 saturated heterocycles. The predicted octanol–water partition coefficient (Wildman–Crippen LogP) is 2.96. The smallest absolute Gasteiger partial charge is 0.387 e. The minimum atomic E-state index is -2.93. The summed E-state index contributed by atoms with van der Waals surface area (Å²) in [5, 5.41) is 0. The molecule has 0 spiro atoms. The summed E-state index contributed by atoms with van der Waals surface area (Å²) in [7, 11) is 3.12. The van der Waals surface area contributed by atoms with Gasteiger partial charge in [-0.3, -0.25) is 9.78 Å². The lowest BCUT2D eigenvalue weighted by atomic mass is 9.96. The van der Waals surface area contributed by atoms with E-state index < -0.39 is 6.61 Å². The van der Waals surface area contributed by atoms with Gasteiger partial charge in [0.05, 0.1) is 19.2 Å². The van der Waals surface area contributed by atoms with Crippen LogP contribution in [0, 0.1) is 5.92 Å². The van der Waals surface area contributed by atoms with Crippen molar-refractivity contribution in [3.8, 4) is 11.5 Å². The summed E-state index contributed by atoms with van der Waals surface area (Å²) in [5.41, 5.74) is 0.765. The van der Waals surface area contributed by atoms with Crippen molar-refractivity contribution in [1.82, 2.24) is 14.9 Å². The summed E-state index contributed by atoms with van der Waals surface area (Å²) in [4.78, 5) is 25.1. The molecule has 1 aliphatic heterocycles. The Labute approximate surface area is 168 Å². The van der Waals surface area contributed by atoms with Crippen molar-refractivity contribution in [1.29, 1.82) is 0 Å². The van der Waals surface area contributed by atoms with E-state index in [0.717, 1.165) is 30.8 Å². The highest BCUT2D eigenvalue weighted by molar-refractivity contribution is 5.79. The highest BCUT2D eigenvalue weighted by atomic mass is 19.3. The Balaban J connectivity index is 1.64. The number of nitrogens with zero attached hydrogens (tertiary/aromatic N) is 4. The first-order valence-electron chi connectivity index (χ1n) is 9.35. The lowest BCUT2D eigenvalue weighted by Crippen LogP contribution is -2.43. The van der Waals surface area contributed by atoms with Crippen LogP contribution in [-0.4, -0.2) is 54.6 Å². The van der Waals surface area contributed by atoms with Gasteiger partial charge in [0.2, 0.25) is 5.91 Å². The Morgan fingerprint density at radius 1 is 1.34 bits per heavy atom. The molecular formula is C20H24F2N4O3. The summed E-state index contributed by atoms with van der Waals surface area (Å²) in [6.07, 6.45) is 6.67. The van der Waals surface area contributed by atoms with Gasteiger partial charge in [0.25, 0.3) is 0 Å². The van der Waals surface area contributed by atoms with E-state index in [-0.39, 0.29) is 23.3 Å². The first-order chi connectivity index (χ1) is 14.0. The van der Waals surface area contributed by atoms with Gasteiger partial charge in [-0.1, -0.05) is 6.07 Å². The van der Waals surface area contributed by atoms with E-state index in [0.29, 0.717) is 13.1 Å². The molecule has 0 saturated carbocycles. The van der Waals surface area contributed by atoms with Gasteiger partial charge >= 0.3 is 6.61 Å². The topological polar surface area (TPSA) is 67.8 Å². The molecule has 156 valence electrons. The fraction of sp³-hybridized carbons (Fsp3) is 0.450. The number of hydrogen-bond acceptors (Lipinski definition) is 6. The van der Waals surface area contributed by atoms with Gasteiger partial charge < -0.3 is 19.3 Å². The Bertz CT molecular complexity index is 823. The van der Waals surface area contributed by atoms with Crippen molar-refractivity contribution < 1.29 is 23.0 Å². The third-order valence-corrected chi connectivity index (χ3v) is 4.88. The van der Waals surface area contributed by atoms with E-state index >= 15 is 0 Å². The Kier molecular flexibility index (Phi) is 6.79. The van der Waals surface area contributed by atoms with Crippen LogP contribution in [0.5, 0.6) is 11.5 Å². The SMILES string of the molecule is COc1cc(CN(C)C(=O)[C@@H]2CCCN(c3cnccn3)C2)ccc1OC(F)F. The number of carbonyl (C=O) groups excluding carboxylic acids is 1.